The molecular formula is C18H21F3N4O2. The van der Waals surface area contributed by atoms with E-state index in [9.17, 15) is 18.0 Å². The lowest BCUT2D eigenvalue weighted by molar-refractivity contribution is -0.159. The molecule has 6 nitrogen and oxygen atoms in total. The highest BCUT2D eigenvalue weighted by atomic mass is 19.4. The number of alkyl halides is 3. The van der Waals surface area contributed by atoms with Gasteiger partial charge in [-0.3, -0.25) is 0 Å². The van der Waals surface area contributed by atoms with Crippen LogP contribution in [0.2, 0.25) is 0 Å². The van der Waals surface area contributed by atoms with Crippen LogP contribution in [-0.2, 0) is 6.18 Å². The molecule has 27 heavy (non-hydrogen) atoms. The summed E-state index contributed by atoms with van der Waals surface area (Å²) < 4.78 is 41.9. The lowest BCUT2D eigenvalue weighted by Gasteiger charge is -2.27. The van der Waals surface area contributed by atoms with E-state index in [4.69, 9.17) is 0 Å². The molecule has 1 heterocycles. The van der Waals surface area contributed by atoms with Gasteiger partial charge in [-0.2, -0.15) is 18.2 Å². The molecule has 1 aromatic carbocycles. The van der Waals surface area contributed by atoms with Crippen molar-refractivity contribution in [3.63, 3.8) is 0 Å². The Hall–Kier alpha value is -2.58. The smallest absolute Gasteiger partial charge is 0.331 e. The molecule has 0 radical (unpaired) electrons. The average molecular weight is 382 g/mol. The zero-order chi connectivity index (χ0) is 19.8. The second kappa shape index (κ2) is 7.21. The molecule has 2 amide bonds. The van der Waals surface area contributed by atoms with Crippen LogP contribution in [0.15, 0.2) is 28.8 Å². The minimum absolute atomic E-state index is 0.136. The van der Waals surface area contributed by atoms with Gasteiger partial charge >= 0.3 is 18.1 Å². The van der Waals surface area contributed by atoms with Crippen molar-refractivity contribution in [1.82, 2.24) is 20.4 Å². The van der Waals surface area contributed by atoms with Crippen LogP contribution in [0.1, 0.15) is 44.2 Å². The Balaban J connectivity index is 1.64. The third-order valence-corrected chi connectivity index (χ3v) is 4.91. The number of benzene rings is 1. The summed E-state index contributed by atoms with van der Waals surface area (Å²) in [6.07, 6.45) is -2.36. The number of rotatable bonds is 5. The molecule has 2 unspecified atom stereocenters. The molecule has 1 N–H and O–H groups in total. The molecule has 0 spiro atoms. The summed E-state index contributed by atoms with van der Waals surface area (Å²) in [5.41, 5.74) is 1.22. The van der Waals surface area contributed by atoms with Gasteiger partial charge in [-0.25, -0.2) is 4.79 Å². The fourth-order valence-electron chi connectivity index (χ4n) is 2.83. The molecule has 9 heteroatoms. The molecule has 1 aromatic heterocycles. The molecule has 2 atom stereocenters. The summed E-state index contributed by atoms with van der Waals surface area (Å²) >= 11 is 0. The molecule has 2 aromatic rings. The van der Waals surface area contributed by atoms with Gasteiger partial charge in [-0.05, 0) is 38.2 Å². The minimum atomic E-state index is -4.67. The first-order valence-corrected chi connectivity index (χ1v) is 8.71. The molecule has 146 valence electrons. The number of carbonyl (C=O) groups excluding carboxylic acids is 1. The highest BCUT2D eigenvalue weighted by Crippen LogP contribution is 2.34. The van der Waals surface area contributed by atoms with E-state index in [1.165, 1.54) is 0 Å². The lowest BCUT2D eigenvalue weighted by atomic mass is 10.1. The van der Waals surface area contributed by atoms with Gasteiger partial charge in [0.05, 0.1) is 6.04 Å². The fraction of sp³-hybridized carbons (Fsp3) is 0.500. The molecule has 0 aliphatic heterocycles. The number of aromatic nitrogens is 2. The van der Waals surface area contributed by atoms with E-state index >= 15 is 0 Å². The van der Waals surface area contributed by atoms with Crippen LogP contribution in [0.4, 0.5) is 18.0 Å². The normalized spacial score (nSPS) is 16.7. The summed E-state index contributed by atoms with van der Waals surface area (Å²) in [5, 5.41) is 6.29. The van der Waals surface area contributed by atoms with Crippen molar-refractivity contribution in [3.05, 3.63) is 35.7 Å². The first-order valence-electron chi connectivity index (χ1n) is 8.71. The van der Waals surface area contributed by atoms with E-state index in [0.717, 1.165) is 18.4 Å². The van der Waals surface area contributed by atoms with Gasteiger partial charge < -0.3 is 14.7 Å². The maximum absolute atomic E-state index is 12.5. The fourth-order valence-corrected chi connectivity index (χ4v) is 2.83. The van der Waals surface area contributed by atoms with Gasteiger partial charge in [-0.15, -0.1) is 0 Å². The van der Waals surface area contributed by atoms with Crippen molar-refractivity contribution in [2.75, 3.05) is 7.05 Å². The minimum Gasteiger partial charge on any atom is -0.331 e. The lowest BCUT2D eigenvalue weighted by Crippen LogP contribution is -2.44. The van der Waals surface area contributed by atoms with Crippen molar-refractivity contribution in [3.8, 4) is 11.4 Å². The van der Waals surface area contributed by atoms with Crippen molar-refractivity contribution >= 4 is 6.03 Å². The molecule has 1 fully saturated rings. The molecule has 0 saturated heterocycles. The quantitative estimate of drug-likeness (QED) is 0.839. The van der Waals surface area contributed by atoms with Gasteiger partial charge in [0.15, 0.2) is 0 Å². The Bertz CT molecular complexity index is 800. The maximum Gasteiger partial charge on any atom is 0.471 e. The van der Waals surface area contributed by atoms with E-state index < -0.39 is 12.1 Å². The summed E-state index contributed by atoms with van der Waals surface area (Å²) in [4.78, 5) is 17.4. The summed E-state index contributed by atoms with van der Waals surface area (Å²) in [6.45, 7) is 3.88. The number of hydrogen-bond acceptors (Lipinski definition) is 4. The number of hydrogen-bond donors (Lipinski definition) is 1. The number of nitrogens with zero attached hydrogens (tertiary/aromatic N) is 3. The van der Waals surface area contributed by atoms with Crippen LogP contribution >= 0.6 is 0 Å². The number of amides is 2. The number of halogens is 3. The largest absolute Gasteiger partial charge is 0.471 e. The van der Waals surface area contributed by atoms with E-state index in [1.54, 1.807) is 36.2 Å². The van der Waals surface area contributed by atoms with Gasteiger partial charge in [0.1, 0.15) is 0 Å². The van der Waals surface area contributed by atoms with Crippen LogP contribution in [-0.4, -0.2) is 34.2 Å². The summed E-state index contributed by atoms with van der Waals surface area (Å²) in [7, 11) is 1.78. The standard InChI is InChI=1S/C18H21F3N4O2/c1-10(22-17(26)25(3)11(2)13-6-7-13)12-4-8-14(9-5-12)15-23-16(27-24-15)18(19,20)21/h4-5,8-11,13H,6-7H2,1-3H3,(H,22,26). The molecule has 1 saturated carbocycles. The third kappa shape index (κ3) is 4.40. The van der Waals surface area contributed by atoms with Crippen molar-refractivity contribution in [2.45, 2.75) is 44.9 Å². The van der Waals surface area contributed by atoms with Crippen molar-refractivity contribution in [1.29, 1.82) is 0 Å². The predicted octanol–water partition coefficient (Wildman–Crippen LogP) is 4.26. The van der Waals surface area contributed by atoms with Crippen LogP contribution in [0.3, 0.4) is 0 Å². The van der Waals surface area contributed by atoms with Crippen LogP contribution in [0, 0.1) is 5.92 Å². The van der Waals surface area contributed by atoms with Gasteiger partial charge in [0.2, 0.25) is 5.82 Å². The zero-order valence-electron chi connectivity index (χ0n) is 15.2. The maximum atomic E-state index is 12.5. The second-order valence-corrected chi connectivity index (χ2v) is 6.90. The average Bonchev–Trinajstić information content (AvgIpc) is 3.35. The Morgan fingerprint density at radius 1 is 1.26 bits per heavy atom. The van der Waals surface area contributed by atoms with E-state index in [1.807, 2.05) is 13.8 Å². The molecule has 3 rings (SSSR count). The molecule has 0 bridgehead atoms. The third-order valence-electron chi connectivity index (χ3n) is 4.91. The molecule has 1 aliphatic rings. The topological polar surface area (TPSA) is 71.3 Å². The number of carbonyl (C=O) groups is 1. The second-order valence-electron chi connectivity index (χ2n) is 6.90. The first kappa shape index (κ1) is 19.2. The summed E-state index contributed by atoms with van der Waals surface area (Å²) in [5.74, 6) is -0.939. The van der Waals surface area contributed by atoms with Crippen LogP contribution < -0.4 is 5.32 Å². The Kier molecular flexibility index (Phi) is 5.12. The number of nitrogens with one attached hydrogen (secondary N) is 1. The van der Waals surface area contributed by atoms with Crippen LogP contribution in [0.5, 0.6) is 0 Å². The molecule has 1 aliphatic carbocycles. The Morgan fingerprint density at radius 3 is 2.41 bits per heavy atom. The van der Waals surface area contributed by atoms with E-state index in [2.05, 4.69) is 20.0 Å². The highest BCUT2D eigenvalue weighted by molar-refractivity contribution is 5.74. The first-order chi connectivity index (χ1) is 12.7. The van der Waals surface area contributed by atoms with Gasteiger partial charge in [0, 0.05) is 18.7 Å². The van der Waals surface area contributed by atoms with E-state index in [0.29, 0.717) is 11.5 Å². The van der Waals surface area contributed by atoms with Crippen LogP contribution in [0.25, 0.3) is 11.4 Å². The number of urea groups is 1. The van der Waals surface area contributed by atoms with Gasteiger partial charge in [-0.1, -0.05) is 29.4 Å². The molecular weight excluding hydrogens is 361 g/mol. The zero-order valence-corrected chi connectivity index (χ0v) is 15.2. The predicted molar refractivity (Wildman–Crippen MR) is 91.6 cm³/mol. The Morgan fingerprint density at radius 2 is 1.89 bits per heavy atom. The van der Waals surface area contributed by atoms with Crippen molar-refractivity contribution in [2.24, 2.45) is 5.92 Å². The van der Waals surface area contributed by atoms with E-state index in [-0.39, 0.29) is 23.9 Å². The SMILES string of the molecule is CC(NC(=O)N(C)C(C)C1CC1)c1ccc(-c2noc(C(F)(F)F)n2)cc1. The summed E-state index contributed by atoms with van der Waals surface area (Å²) in [6, 6.07) is 6.41. The van der Waals surface area contributed by atoms with Gasteiger partial charge in [0.25, 0.3) is 0 Å². The monoisotopic (exact) mass is 382 g/mol. The van der Waals surface area contributed by atoms with Crippen molar-refractivity contribution < 1.29 is 22.5 Å². The highest BCUT2D eigenvalue weighted by Gasteiger charge is 2.38. The Labute approximate surface area is 154 Å².